The van der Waals surface area contributed by atoms with E-state index >= 15 is 0 Å². The van der Waals surface area contributed by atoms with Gasteiger partial charge in [-0.2, -0.15) is 0 Å². The van der Waals surface area contributed by atoms with Crippen LogP contribution in [0.1, 0.15) is 38.7 Å². The summed E-state index contributed by atoms with van der Waals surface area (Å²) in [4.78, 5) is 10.4. The normalized spacial score (nSPS) is 12.3. The highest BCUT2D eigenvalue weighted by atomic mass is 35.5. The minimum Gasteiger partial charge on any atom is -0.481 e. The molecule has 0 spiro atoms. The highest BCUT2D eigenvalue weighted by Crippen LogP contribution is 2.22. The topological polar surface area (TPSA) is 37.3 Å². The second-order valence-corrected chi connectivity index (χ2v) is 5.83. The van der Waals surface area contributed by atoms with Crippen molar-refractivity contribution in [3.63, 3.8) is 0 Å². The average Bonchev–Trinajstić information content (AvgIpc) is 2.37. The van der Waals surface area contributed by atoms with Crippen molar-refractivity contribution in [2.45, 2.75) is 33.1 Å². The number of carboxylic acid groups (broad SMARTS) is 1. The van der Waals surface area contributed by atoms with Crippen molar-refractivity contribution in [1.29, 1.82) is 0 Å². The molecule has 3 heteroatoms. The zero-order chi connectivity index (χ0) is 15.0. The maximum absolute atomic E-state index is 10.4. The summed E-state index contributed by atoms with van der Waals surface area (Å²) >= 11 is 5.85. The lowest BCUT2D eigenvalue weighted by molar-refractivity contribution is -0.137. The minimum atomic E-state index is -0.736. The molecule has 0 amide bonds. The summed E-state index contributed by atoms with van der Waals surface area (Å²) in [5.74, 6) is -0.736. The number of carbonyl (C=O) groups is 1. The Hall–Kier alpha value is -1.54. The van der Waals surface area contributed by atoms with Crippen molar-refractivity contribution >= 4 is 23.6 Å². The molecule has 0 saturated heterocycles. The van der Waals surface area contributed by atoms with Crippen LogP contribution >= 0.6 is 11.6 Å². The molecule has 0 fully saturated rings. The number of allylic oxidation sites excluding steroid dienone is 3. The molecule has 0 radical (unpaired) electrons. The number of hydrogen-bond donors (Lipinski definition) is 1. The van der Waals surface area contributed by atoms with E-state index in [1.807, 2.05) is 24.3 Å². The zero-order valence-corrected chi connectivity index (χ0v) is 12.7. The van der Waals surface area contributed by atoms with Crippen molar-refractivity contribution in [2.24, 2.45) is 5.41 Å². The SMILES string of the molecule is CC(C)(/C=C\CCCC(=O)O)/C=C\c1ccc(Cl)cc1. The van der Waals surface area contributed by atoms with Crippen molar-refractivity contribution in [3.8, 4) is 0 Å². The second-order valence-electron chi connectivity index (χ2n) is 5.39. The van der Waals surface area contributed by atoms with Crippen LogP contribution in [0.5, 0.6) is 0 Å². The number of aliphatic carboxylic acids is 1. The molecule has 0 aromatic heterocycles. The van der Waals surface area contributed by atoms with E-state index in [1.54, 1.807) is 0 Å². The number of benzene rings is 1. The number of carboxylic acids is 1. The quantitative estimate of drug-likeness (QED) is 0.554. The third-order valence-electron chi connectivity index (χ3n) is 2.88. The van der Waals surface area contributed by atoms with E-state index in [0.717, 1.165) is 17.0 Å². The highest BCUT2D eigenvalue weighted by Gasteiger charge is 2.08. The van der Waals surface area contributed by atoms with Gasteiger partial charge in [-0.3, -0.25) is 4.79 Å². The molecule has 0 aliphatic heterocycles. The van der Waals surface area contributed by atoms with Gasteiger partial charge < -0.3 is 5.11 Å². The Bertz CT molecular complexity index is 484. The molecule has 0 aliphatic rings. The molecule has 1 aromatic carbocycles. The second kappa shape index (κ2) is 7.91. The summed E-state index contributed by atoms with van der Waals surface area (Å²) in [6.07, 6.45) is 10.1. The van der Waals surface area contributed by atoms with Crippen LogP contribution in [0, 0.1) is 5.41 Å². The van der Waals surface area contributed by atoms with Gasteiger partial charge in [0.25, 0.3) is 0 Å². The maximum Gasteiger partial charge on any atom is 0.303 e. The lowest BCUT2D eigenvalue weighted by Gasteiger charge is -2.14. The molecule has 0 atom stereocenters. The Morgan fingerprint density at radius 3 is 2.50 bits per heavy atom. The van der Waals surface area contributed by atoms with Crippen LogP contribution in [0.25, 0.3) is 6.08 Å². The van der Waals surface area contributed by atoms with Crippen molar-refractivity contribution in [3.05, 3.63) is 53.1 Å². The van der Waals surface area contributed by atoms with Gasteiger partial charge in [0.15, 0.2) is 0 Å². The van der Waals surface area contributed by atoms with Gasteiger partial charge in [0.2, 0.25) is 0 Å². The lowest BCUT2D eigenvalue weighted by atomic mass is 9.91. The predicted molar refractivity (Wildman–Crippen MR) is 84.9 cm³/mol. The van der Waals surface area contributed by atoms with Crippen LogP contribution in [-0.2, 0) is 4.79 Å². The Kier molecular flexibility index (Phi) is 6.53. The number of hydrogen-bond acceptors (Lipinski definition) is 1. The van der Waals surface area contributed by atoms with Crippen LogP contribution in [0.3, 0.4) is 0 Å². The standard InChI is InChI=1S/C17H21ClO2/c1-17(2,12-5-3-4-6-16(19)20)13-11-14-7-9-15(18)10-8-14/h5,7-13H,3-4,6H2,1-2H3,(H,19,20)/b12-5-,13-11-. The summed E-state index contributed by atoms with van der Waals surface area (Å²) in [5, 5.41) is 9.29. The fraction of sp³-hybridized carbons (Fsp3) is 0.353. The molecule has 1 rings (SSSR count). The van der Waals surface area contributed by atoms with Gasteiger partial charge in [-0.1, -0.05) is 61.9 Å². The number of rotatable bonds is 7. The molecule has 0 heterocycles. The molecule has 0 unspecified atom stereocenters. The van der Waals surface area contributed by atoms with Crippen molar-refractivity contribution < 1.29 is 9.90 Å². The van der Waals surface area contributed by atoms with Crippen LogP contribution in [0.15, 0.2) is 42.5 Å². The molecule has 1 aromatic rings. The van der Waals surface area contributed by atoms with E-state index in [9.17, 15) is 4.79 Å². The maximum atomic E-state index is 10.4. The van der Waals surface area contributed by atoms with Crippen LogP contribution < -0.4 is 0 Å². The molecule has 0 saturated carbocycles. The average molecular weight is 293 g/mol. The van der Waals surface area contributed by atoms with Gasteiger partial charge >= 0.3 is 5.97 Å². The van der Waals surface area contributed by atoms with Gasteiger partial charge in [0, 0.05) is 16.9 Å². The van der Waals surface area contributed by atoms with E-state index in [1.165, 1.54) is 0 Å². The largest absolute Gasteiger partial charge is 0.481 e. The fourth-order valence-electron chi connectivity index (χ4n) is 1.70. The van der Waals surface area contributed by atoms with E-state index < -0.39 is 5.97 Å². The summed E-state index contributed by atoms with van der Waals surface area (Å²) < 4.78 is 0. The highest BCUT2D eigenvalue weighted by molar-refractivity contribution is 6.30. The molecular weight excluding hydrogens is 272 g/mol. The molecule has 108 valence electrons. The summed E-state index contributed by atoms with van der Waals surface area (Å²) in [6.45, 7) is 4.24. The number of unbranched alkanes of at least 4 members (excludes halogenated alkanes) is 1. The van der Waals surface area contributed by atoms with Gasteiger partial charge in [0.1, 0.15) is 0 Å². The fourth-order valence-corrected chi connectivity index (χ4v) is 1.82. The van der Waals surface area contributed by atoms with E-state index in [0.29, 0.717) is 6.42 Å². The first-order chi connectivity index (χ1) is 9.39. The van der Waals surface area contributed by atoms with Gasteiger partial charge in [0.05, 0.1) is 0 Å². The molecule has 1 N–H and O–H groups in total. The van der Waals surface area contributed by atoms with E-state index in [4.69, 9.17) is 16.7 Å². The first kappa shape index (κ1) is 16.5. The van der Waals surface area contributed by atoms with E-state index in [-0.39, 0.29) is 11.8 Å². The van der Waals surface area contributed by atoms with Crippen molar-refractivity contribution in [1.82, 2.24) is 0 Å². The molecular formula is C17H21ClO2. The Labute approximate surface area is 125 Å². The van der Waals surface area contributed by atoms with Gasteiger partial charge in [-0.15, -0.1) is 0 Å². The summed E-state index contributed by atoms with van der Waals surface area (Å²) in [7, 11) is 0. The molecule has 0 aliphatic carbocycles. The first-order valence-corrected chi connectivity index (χ1v) is 7.11. The van der Waals surface area contributed by atoms with Crippen molar-refractivity contribution in [2.75, 3.05) is 0 Å². The summed E-state index contributed by atoms with van der Waals surface area (Å²) in [5.41, 5.74) is 1.06. The van der Waals surface area contributed by atoms with Crippen LogP contribution in [-0.4, -0.2) is 11.1 Å². The lowest BCUT2D eigenvalue weighted by Crippen LogP contribution is -2.01. The Morgan fingerprint density at radius 2 is 1.90 bits per heavy atom. The minimum absolute atomic E-state index is 0.0527. The summed E-state index contributed by atoms with van der Waals surface area (Å²) in [6, 6.07) is 7.70. The van der Waals surface area contributed by atoms with Crippen LogP contribution in [0.2, 0.25) is 5.02 Å². The smallest absolute Gasteiger partial charge is 0.303 e. The monoisotopic (exact) mass is 292 g/mol. The zero-order valence-electron chi connectivity index (χ0n) is 12.0. The molecule has 2 nitrogen and oxygen atoms in total. The first-order valence-electron chi connectivity index (χ1n) is 6.73. The third-order valence-corrected chi connectivity index (χ3v) is 3.14. The Morgan fingerprint density at radius 1 is 1.25 bits per heavy atom. The van der Waals surface area contributed by atoms with Gasteiger partial charge in [-0.05, 0) is 30.5 Å². The van der Waals surface area contributed by atoms with E-state index in [2.05, 4.69) is 38.2 Å². The molecule has 20 heavy (non-hydrogen) atoms. The van der Waals surface area contributed by atoms with Crippen LogP contribution in [0.4, 0.5) is 0 Å². The van der Waals surface area contributed by atoms with Gasteiger partial charge in [-0.25, -0.2) is 0 Å². The Balaban J connectivity index is 2.49. The molecule has 0 bridgehead atoms. The number of halogens is 1. The predicted octanol–water partition coefficient (Wildman–Crippen LogP) is 5.19. The third kappa shape index (κ3) is 7.15.